The van der Waals surface area contributed by atoms with Crippen LogP contribution in [0.4, 0.5) is 5.69 Å². The van der Waals surface area contributed by atoms with E-state index in [2.05, 4.69) is 12.2 Å². The SMILES string of the molecule is CCc1ccc(NC(=O)/C(C#N)=C/C=C/c2ccccc2OC)cc1. The summed E-state index contributed by atoms with van der Waals surface area (Å²) in [4.78, 5) is 12.2. The van der Waals surface area contributed by atoms with Crippen molar-refractivity contribution in [3.63, 3.8) is 0 Å². The van der Waals surface area contributed by atoms with Crippen LogP contribution in [0.2, 0.25) is 0 Å². The zero-order valence-electron chi connectivity index (χ0n) is 14.3. The number of rotatable bonds is 6. The molecule has 0 aliphatic heterocycles. The van der Waals surface area contributed by atoms with E-state index in [4.69, 9.17) is 4.74 Å². The number of para-hydroxylation sites is 1. The number of carbonyl (C=O) groups is 1. The summed E-state index contributed by atoms with van der Waals surface area (Å²) in [6.45, 7) is 2.07. The van der Waals surface area contributed by atoms with Gasteiger partial charge in [0.05, 0.1) is 7.11 Å². The third-order valence-electron chi connectivity index (χ3n) is 3.66. The lowest BCUT2D eigenvalue weighted by Crippen LogP contribution is -2.13. The number of hydrogen-bond donors (Lipinski definition) is 1. The van der Waals surface area contributed by atoms with E-state index >= 15 is 0 Å². The molecule has 0 aromatic heterocycles. The van der Waals surface area contributed by atoms with Gasteiger partial charge in [0.1, 0.15) is 17.4 Å². The van der Waals surface area contributed by atoms with E-state index in [1.54, 1.807) is 19.3 Å². The molecule has 0 heterocycles. The Kier molecular flexibility index (Phi) is 6.56. The molecule has 0 saturated heterocycles. The molecule has 1 amide bonds. The quantitative estimate of drug-likeness (QED) is 0.486. The van der Waals surface area contributed by atoms with Gasteiger partial charge >= 0.3 is 0 Å². The summed E-state index contributed by atoms with van der Waals surface area (Å²) in [6.07, 6.45) is 5.88. The highest BCUT2D eigenvalue weighted by Crippen LogP contribution is 2.18. The van der Waals surface area contributed by atoms with Crippen molar-refractivity contribution in [3.05, 3.63) is 77.4 Å². The Morgan fingerprint density at radius 2 is 1.92 bits per heavy atom. The van der Waals surface area contributed by atoms with Crippen LogP contribution in [0.15, 0.2) is 66.3 Å². The zero-order chi connectivity index (χ0) is 18.1. The minimum Gasteiger partial charge on any atom is -0.496 e. The summed E-state index contributed by atoms with van der Waals surface area (Å²) in [5.74, 6) is 0.294. The zero-order valence-corrected chi connectivity index (χ0v) is 14.3. The molecule has 0 bridgehead atoms. The molecule has 2 rings (SSSR count). The van der Waals surface area contributed by atoms with Gasteiger partial charge in [-0.2, -0.15) is 5.26 Å². The molecule has 2 aromatic rings. The summed E-state index contributed by atoms with van der Waals surface area (Å²) in [5.41, 5.74) is 2.76. The molecule has 0 aliphatic rings. The van der Waals surface area contributed by atoms with E-state index in [1.807, 2.05) is 54.6 Å². The Bertz CT molecular complexity index is 828. The summed E-state index contributed by atoms with van der Waals surface area (Å²) in [5, 5.41) is 11.9. The van der Waals surface area contributed by atoms with Crippen molar-refractivity contribution in [1.82, 2.24) is 0 Å². The van der Waals surface area contributed by atoms with E-state index in [0.717, 1.165) is 17.7 Å². The smallest absolute Gasteiger partial charge is 0.266 e. The molecular weight excluding hydrogens is 312 g/mol. The molecule has 0 saturated carbocycles. The van der Waals surface area contributed by atoms with Crippen LogP contribution in [0.5, 0.6) is 5.75 Å². The molecule has 0 aliphatic carbocycles. The third kappa shape index (κ3) is 5.08. The number of amides is 1. The average Bonchev–Trinajstić information content (AvgIpc) is 2.66. The van der Waals surface area contributed by atoms with Gasteiger partial charge in [0.25, 0.3) is 5.91 Å². The van der Waals surface area contributed by atoms with Crippen LogP contribution in [-0.2, 0) is 11.2 Å². The number of aryl methyl sites for hydroxylation is 1. The van der Waals surface area contributed by atoms with Crippen molar-refractivity contribution in [2.75, 3.05) is 12.4 Å². The minimum atomic E-state index is -0.434. The highest BCUT2D eigenvalue weighted by atomic mass is 16.5. The van der Waals surface area contributed by atoms with Crippen molar-refractivity contribution in [2.24, 2.45) is 0 Å². The van der Waals surface area contributed by atoms with E-state index in [1.165, 1.54) is 11.6 Å². The molecule has 4 nitrogen and oxygen atoms in total. The molecule has 1 N–H and O–H groups in total. The standard InChI is InChI=1S/C21H20N2O2/c1-3-16-11-13-19(14-12-16)23-21(24)18(15-22)9-6-8-17-7-4-5-10-20(17)25-2/h4-14H,3H2,1-2H3,(H,23,24)/b8-6+,18-9+. The van der Waals surface area contributed by atoms with Crippen molar-refractivity contribution in [2.45, 2.75) is 13.3 Å². The van der Waals surface area contributed by atoms with Crippen LogP contribution < -0.4 is 10.1 Å². The topological polar surface area (TPSA) is 62.1 Å². The number of anilines is 1. The second-order valence-electron chi connectivity index (χ2n) is 5.30. The van der Waals surface area contributed by atoms with E-state index in [0.29, 0.717) is 5.69 Å². The molecule has 2 aromatic carbocycles. The Balaban J connectivity index is 2.09. The van der Waals surface area contributed by atoms with Gasteiger partial charge in [0.15, 0.2) is 0 Å². The first-order chi connectivity index (χ1) is 12.2. The highest BCUT2D eigenvalue weighted by Gasteiger charge is 2.08. The van der Waals surface area contributed by atoms with Crippen LogP contribution in [-0.4, -0.2) is 13.0 Å². The number of allylic oxidation sites excluding steroid dienone is 2. The summed E-state index contributed by atoms with van der Waals surface area (Å²) in [6, 6.07) is 17.0. The Morgan fingerprint density at radius 1 is 1.20 bits per heavy atom. The van der Waals surface area contributed by atoms with Crippen LogP contribution >= 0.6 is 0 Å². The van der Waals surface area contributed by atoms with Gasteiger partial charge in [0.2, 0.25) is 0 Å². The number of nitrogens with zero attached hydrogens (tertiary/aromatic N) is 1. The van der Waals surface area contributed by atoms with Gasteiger partial charge < -0.3 is 10.1 Å². The maximum atomic E-state index is 12.2. The third-order valence-corrected chi connectivity index (χ3v) is 3.66. The largest absolute Gasteiger partial charge is 0.496 e. The van der Waals surface area contributed by atoms with Gasteiger partial charge in [-0.15, -0.1) is 0 Å². The number of hydrogen-bond acceptors (Lipinski definition) is 3. The van der Waals surface area contributed by atoms with Crippen molar-refractivity contribution >= 4 is 17.7 Å². The Morgan fingerprint density at radius 3 is 2.56 bits per heavy atom. The van der Waals surface area contributed by atoms with Crippen LogP contribution in [0.1, 0.15) is 18.1 Å². The molecule has 0 fully saturated rings. The first-order valence-electron chi connectivity index (χ1n) is 7.99. The molecule has 25 heavy (non-hydrogen) atoms. The Labute approximate surface area is 148 Å². The average molecular weight is 332 g/mol. The lowest BCUT2D eigenvalue weighted by Gasteiger charge is -2.05. The van der Waals surface area contributed by atoms with E-state index < -0.39 is 5.91 Å². The number of nitrogens with one attached hydrogen (secondary N) is 1. The first kappa shape index (κ1) is 18.0. The maximum absolute atomic E-state index is 12.2. The minimum absolute atomic E-state index is 0.0331. The predicted octanol–water partition coefficient (Wildman–Crippen LogP) is 4.36. The normalized spacial score (nSPS) is 11.2. The molecule has 0 unspecified atom stereocenters. The predicted molar refractivity (Wildman–Crippen MR) is 100 cm³/mol. The first-order valence-corrected chi connectivity index (χ1v) is 7.99. The fourth-order valence-electron chi connectivity index (χ4n) is 2.24. The molecule has 4 heteroatoms. The molecule has 126 valence electrons. The second-order valence-corrected chi connectivity index (χ2v) is 5.30. The Hall–Kier alpha value is -3.32. The highest BCUT2D eigenvalue weighted by molar-refractivity contribution is 6.06. The number of nitriles is 1. The van der Waals surface area contributed by atoms with Gasteiger partial charge in [0, 0.05) is 11.3 Å². The number of ether oxygens (including phenoxy) is 1. The van der Waals surface area contributed by atoms with Gasteiger partial charge in [-0.25, -0.2) is 0 Å². The number of benzene rings is 2. The van der Waals surface area contributed by atoms with Crippen molar-refractivity contribution in [3.8, 4) is 11.8 Å². The molecule has 0 radical (unpaired) electrons. The molecule has 0 atom stereocenters. The van der Waals surface area contributed by atoms with Crippen LogP contribution in [0.25, 0.3) is 6.08 Å². The van der Waals surface area contributed by atoms with Gasteiger partial charge in [-0.3, -0.25) is 4.79 Å². The number of carbonyl (C=O) groups excluding carboxylic acids is 1. The summed E-state index contributed by atoms with van der Waals surface area (Å²) < 4.78 is 5.26. The van der Waals surface area contributed by atoms with Crippen molar-refractivity contribution in [1.29, 1.82) is 5.26 Å². The lowest BCUT2D eigenvalue weighted by molar-refractivity contribution is -0.112. The summed E-state index contributed by atoms with van der Waals surface area (Å²) in [7, 11) is 1.60. The van der Waals surface area contributed by atoms with Crippen LogP contribution in [0.3, 0.4) is 0 Å². The molecule has 0 spiro atoms. The second kappa shape index (κ2) is 9.09. The summed E-state index contributed by atoms with van der Waals surface area (Å²) >= 11 is 0. The lowest BCUT2D eigenvalue weighted by atomic mass is 10.1. The van der Waals surface area contributed by atoms with Crippen LogP contribution in [0, 0.1) is 11.3 Å². The maximum Gasteiger partial charge on any atom is 0.266 e. The van der Waals surface area contributed by atoms with Crippen molar-refractivity contribution < 1.29 is 9.53 Å². The van der Waals surface area contributed by atoms with Gasteiger partial charge in [-0.05, 0) is 36.3 Å². The molecular formula is C21H20N2O2. The monoisotopic (exact) mass is 332 g/mol. The fraction of sp³-hybridized carbons (Fsp3) is 0.143. The number of methoxy groups -OCH3 is 1. The van der Waals surface area contributed by atoms with Gasteiger partial charge in [-0.1, -0.05) is 49.4 Å². The fourth-order valence-corrected chi connectivity index (χ4v) is 2.24. The van der Waals surface area contributed by atoms with E-state index in [-0.39, 0.29) is 5.57 Å². The van der Waals surface area contributed by atoms with E-state index in [9.17, 15) is 10.1 Å².